The lowest BCUT2D eigenvalue weighted by Crippen LogP contribution is -2.27. The molecule has 0 atom stereocenters. The zero-order valence-electron chi connectivity index (χ0n) is 18.1. The second-order valence-corrected chi connectivity index (χ2v) is 9.75. The number of likely N-dealkylation sites (N-methyl/N-ethyl adjacent to an activating group) is 1. The van der Waals surface area contributed by atoms with Crippen molar-refractivity contribution in [1.82, 2.24) is 9.88 Å². The van der Waals surface area contributed by atoms with Gasteiger partial charge in [0.1, 0.15) is 9.71 Å². The highest BCUT2D eigenvalue weighted by Gasteiger charge is 2.28. The lowest BCUT2D eigenvalue weighted by atomic mass is 9.95. The number of anilines is 1. The summed E-state index contributed by atoms with van der Waals surface area (Å²) in [6.45, 7) is 1.79. The smallest absolute Gasteiger partial charge is 0.205 e. The highest BCUT2D eigenvalue weighted by Crippen LogP contribution is 2.45. The van der Waals surface area contributed by atoms with Gasteiger partial charge < -0.3 is 20.1 Å². The van der Waals surface area contributed by atoms with Crippen molar-refractivity contribution in [2.24, 2.45) is 0 Å². The third kappa shape index (κ3) is 3.35. The van der Waals surface area contributed by atoms with Gasteiger partial charge in [-0.15, -0.1) is 22.7 Å². The molecule has 8 heteroatoms. The molecule has 0 saturated carbocycles. The first-order chi connectivity index (χ1) is 15.5. The molecular weight excluding hydrogens is 442 g/mol. The number of benzene rings is 1. The van der Waals surface area contributed by atoms with Crippen LogP contribution >= 0.6 is 22.7 Å². The summed E-state index contributed by atoms with van der Waals surface area (Å²) in [7, 11) is 5.24. The summed E-state index contributed by atoms with van der Waals surface area (Å²) in [5.41, 5.74) is 11.1. The molecule has 1 aliphatic rings. The molecule has 0 radical (unpaired) electrons. The minimum atomic E-state index is -0.140. The fourth-order valence-electron chi connectivity index (χ4n) is 4.23. The summed E-state index contributed by atoms with van der Waals surface area (Å²) < 4.78 is 10.7. The van der Waals surface area contributed by atoms with Crippen LogP contribution in [0.4, 0.5) is 5.69 Å². The summed E-state index contributed by atoms with van der Waals surface area (Å²) in [4.78, 5) is 23.2. The molecule has 0 fully saturated rings. The van der Waals surface area contributed by atoms with Crippen molar-refractivity contribution in [3.8, 4) is 21.9 Å². The standard InChI is InChI=1S/C24H23N3O3S2/c1-27-9-8-15-14(12-27)19(18-5-4-10-31-18)20-21(25)23(32-24(20)26-15)22(28)13-6-7-16(29-2)17(11-13)30-3/h4-7,10-11H,8-9,12,25H2,1-3H3. The van der Waals surface area contributed by atoms with Crippen LogP contribution in [0.15, 0.2) is 35.7 Å². The maximum atomic E-state index is 13.5. The quantitative estimate of drug-likeness (QED) is 0.425. The summed E-state index contributed by atoms with van der Waals surface area (Å²) >= 11 is 3.05. The average Bonchev–Trinajstić information content (AvgIpc) is 3.45. The number of fused-ring (bicyclic) bond motifs is 2. The Labute approximate surface area is 194 Å². The van der Waals surface area contributed by atoms with E-state index in [1.54, 1.807) is 43.8 Å². The van der Waals surface area contributed by atoms with Crippen molar-refractivity contribution < 1.29 is 14.3 Å². The van der Waals surface area contributed by atoms with Crippen molar-refractivity contribution in [3.05, 3.63) is 57.4 Å². The SMILES string of the molecule is COc1ccc(C(=O)c2sc3nc4c(c(-c5cccs5)c3c2N)CN(C)CC4)cc1OC. The minimum Gasteiger partial charge on any atom is -0.493 e. The van der Waals surface area contributed by atoms with Gasteiger partial charge in [-0.2, -0.15) is 0 Å². The molecule has 1 aliphatic heterocycles. The van der Waals surface area contributed by atoms with E-state index in [0.717, 1.165) is 45.9 Å². The van der Waals surface area contributed by atoms with Crippen LogP contribution in [0.25, 0.3) is 20.7 Å². The number of nitrogens with zero attached hydrogens (tertiary/aromatic N) is 2. The van der Waals surface area contributed by atoms with E-state index in [-0.39, 0.29) is 5.78 Å². The fourth-order valence-corrected chi connectivity index (χ4v) is 6.12. The van der Waals surface area contributed by atoms with E-state index in [4.69, 9.17) is 20.2 Å². The zero-order chi connectivity index (χ0) is 22.4. The van der Waals surface area contributed by atoms with E-state index in [0.29, 0.717) is 27.6 Å². The van der Waals surface area contributed by atoms with Gasteiger partial charge in [-0.1, -0.05) is 6.07 Å². The topological polar surface area (TPSA) is 77.7 Å². The molecule has 0 bridgehead atoms. The first-order valence-corrected chi connectivity index (χ1v) is 11.9. The van der Waals surface area contributed by atoms with Crippen LogP contribution in [0.2, 0.25) is 0 Å². The number of rotatable bonds is 5. The van der Waals surface area contributed by atoms with Crippen molar-refractivity contribution in [2.75, 3.05) is 33.5 Å². The van der Waals surface area contributed by atoms with E-state index < -0.39 is 0 Å². The molecule has 32 heavy (non-hydrogen) atoms. The first-order valence-electron chi connectivity index (χ1n) is 10.2. The molecule has 164 valence electrons. The number of ketones is 1. The van der Waals surface area contributed by atoms with Gasteiger partial charge in [0, 0.05) is 46.6 Å². The Balaban J connectivity index is 1.71. The Hall–Kier alpha value is -2.94. The molecule has 0 amide bonds. The largest absolute Gasteiger partial charge is 0.493 e. The summed E-state index contributed by atoms with van der Waals surface area (Å²) in [6.07, 6.45) is 0.886. The van der Waals surface area contributed by atoms with Crippen LogP contribution in [0.3, 0.4) is 0 Å². The third-order valence-corrected chi connectivity index (χ3v) is 7.83. The number of hydrogen-bond donors (Lipinski definition) is 1. The monoisotopic (exact) mass is 465 g/mol. The van der Waals surface area contributed by atoms with Gasteiger partial charge in [0.25, 0.3) is 0 Å². The Morgan fingerprint density at radius 3 is 2.72 bits per heavy atom. The van der Waals surface area contributed by atoms with Gasteiger partial charge in [-0.25, -0.2) is 4.98 Å². The molecule has 3 aromatic heterocycles. The predicted octanol–water partition coefficient (Wildman–Crippen LogP) is 4.84. The van der Waals surface area contributed by atoms with Gasteiger partial charge in [-0.3, -0.25) is 4.79 Å². The first kappa shape index (κ1) is 20.9. The van der Waals surface area contributed by atoms with Crippen molar-refractivity contribution in [3.63, 3.8) is 0 Å². The molecule has 0 spiro atoms. The second kappa shape index (κ2) is 8.20. The third-order valence-electron chi connectivity index (χ3n) is 5.84. The normalized spacial score (nSPS) is 13.8. The highest BCUT2D eigenvalue weighted by atomic mass is 32.1. The number of hydrogen-bond acceptors (Lipinski definition) is 8. The van der Waals surface area contributed by atoms with Crippen LogP contribution in [0, 0.1) is 0 Å². The van der Waals surface area contributed by atoms with Gasteiger partial charge >= 0.3 is 0 Å². The maximum absolute atomic E-state index is 13.5. The van der Waals surface area contributed by atoms with E-state index in [1.807, 2.05) is 6.07 Å². The number of methoxy groups -OCH3 is 2. The molecule has 4 heterocycles. The zero-order valence-corrected chi connectivity index (χ0v) is 19.7. The van der Waals surface area contributed by atoms with E-state index in [9.17, 15) is 4.79 Å². The number of carbonyl (C=O) groups is 1. The number of nitrogens with two attached hydrogens (primary N) is 1. The van der Waals surface area contributed by atoms with E-state index in [1.165, 1.54) is 16.9 Å². The lowest BCUT2D eigenvalue weighted by molar-refractivity contribution is 0.104. The fraction of sp³-hybridized carbons (Fsp3) is 0.250. The molecule has 4 aromatic rings. The summed E-state index contributed by atoms with van der Waals surface area (Å²) in [6, 6.07) is 9.32. The van der Waals surface area contributed by atoms with Crippen LogP contribution in [-0.4, -0.2) is 43.5 Å². The highest BCUT2D eigenvalue weighted by molar-refractivity contribution is 7.21. The van der Waals surface area contributed by atoms with Gasteiger partial charge in [0.2, 0.25) is 5.78 Å². The number of aromatic nitrogens is 1. The number of pyridine rings is 1. The number of nitrogen functional groups attached to an aromatic ring is 1. The summed E-state index contributed by atoms with van der Waals surface area (Å²) in [5.74, 6) is 0.944. The maximum Gasteiger partial charge on any atom is 0.205 e. The molecule has 2 N–H and O–H groups in total. The van der Waals surface area contributed by atoms with Crippen molar-refractivity contribution >= 4 is 44.4 Å². The van der Waals surface area contributed by atoms with E-state index >= 15 is 0 Å². The Morgan fingerprint density at radius 2 is 2.00 bits per heavy atom. The molecule has 0 saturated heterocycles. The second-order valence-electron chi connectivity index (χ2n) is 7.80. The van der Waals surface area contributed by atoms with Gasteiger partial charge in [0.15, 0.2) is 11.5 Å². The molecule has 5 rings (SSSR count). The van der Waals surface area contributed by atoms with Crippen LogP contribution in [-0.2, 0) is 13.0 Å². The Bertz CT molecular complexity index is 1330. The molecule has 1 aromatic carbocycles. The van der Waals surface area contributed by atoms with Gasteiger partial charge in [-0.05, 0) is 42.3 Å². The van der Waals surface area contributed by atoms with E-state index in [2.05, 4.69) is 23.4 Å². The lowest BCUT2D eigenvalue weighted by Gasteiger charge is -2.26. The van der Waals surface area contributed by atoms with Crippen molar-refractivity contribution in [2.45, 2.75) is 13.0 Å². The van der Waals surface area contributed by atoms with Crippen LogP contribution in [0.5, 0.6) is 11.5 Å². The molecule has 6 nitrogen and oxygen atoms in total. The van der Waals surface area contributed by atoms with Gasteiger partial charge in [0.05, 0.1) is 19.9 Å². The number of carbonyl (C=O) groups excluding carboxylic acids is 1. The molecule has 0 aliphatic carbocycles. The molecular formula is C24H23N3O3S2. The Kier molecular flexibility index (Phi) is 5.36. The number of thiophene rings is 2. The molecule has 0 unspecified atom stereocenters. The predicted molar refractivity (Wildman–Crippen MR) is 130 cm³/mol. The van der Waals surface area contributed by atoms with Crippen LogP contribution < -0.4 is 15.2 Å². The Morgan fingerprint density at radius 1 is 1.19 bits per heavy atom. The average molecular weight is 466 g/mol. The summed E-state index contributed by atoms with van der Waals surface area (Å²) in [5, 5.41) is 2.95. The van der Waals surface area contributed by atoms with Crippen molar-refractivity contribution in [1.29, 1.82) is 0 Å². The van der Waals surface area contributed by atoms with Crippen LogP contribution in [0.1, 0.15) is 26.5 Å². The number of ether oxygens (including phenoxy) is 2. The minimum absolute atomic E-state index is 0.140.